The lowest BCUT2D eigenvalue weighted by Crippen LogP contribution is -2.43. The van der Waals surface area contributed by atoms with Gasteiger partial charge in [0.25, 0.3) is 0 Å². The first-order valence-corrected chi connectivity index (χ1v) is 7.36. The second-order valence-corrected chi connectivity index (χ2v) is 7.39. The van der Waals surface area contributed by atoms with Crippen molar-refractivity contribution < 1.29 is 14.6 Å². The van der Waals surface area contributed by atoms with Gasteiger partial charge in [-0.05, 0) is 49.9 Å². The van der Waals surface area contributed by atoms with Crippen LogP contribution in [0.2, 0.25) is 0 Å². The van der Waals surface area contributed by atoms with Crippen molar-refractivity contribution in [2.75, 3.05) is 13.7 Å². The molecule has 6 atom stereocenters. The van der Waals surface area contributed by atoms with Crippen LogP contribution in [0, 0.1) is 29.1 Å². The molecule has 0 spiro atoms. The number of hydrogen-bond donors (Lipinski definition) is 1. The molecule has 2 aliphatic carbocycles. The Hall–Kier alpha value is -0.380. The van der Waals surface area contributed by atoms with Crippen molar-refractivity contribution in [3.05, 3.63) is 12.2 Å². The molecule has 6 unspecified atom stereocenters. The van der Waals surface area contributed by atoms with Crippen LogP contribution in [0.15, 0.2) is 12.2 Å². The van der Waals surface area contributed by atoms with Gasteiger partial charge in [-0.2, -0.15) is 0 Å². The number of aliphatic hydroxyl groups is 1. The van der Waals surface area contributed by atoms with E-state index in [4.69, 9.17) is 9.47 Å². The fourth-order valence-electron chi connectivity index (χ4n) is 5.00. The van der Waals surface area contributed by atoms with Gasteiger partial charge in [-0.1, -0.05) is 19.1 Å². The molecule has 19 heavy (non-hydrogen) atoms. The predicted molar refractivity (Wildman–Crippen MR) is 73.5 cm³/mol. The maximum Gasteiger partial charge on any atom is 0.160 e. The van der Waals surface area contributed by atoms with E-state index < -0.39 is 5.60 Å². The van der Waals surface area contributed by atoms with Gasteiger partial charge in [0.05, 0.1) is 12.2 Å². The molecular weight excluding hydrogens is 240 g/mol. The lowest BCUT2D eigenvalue weighted by molar-refractivity contribution is -0.129. The second-order valence-electron chi connectivity index (χ2n) is 7.39. The first-order valence-electron chi connectivity index (χ1n) is 7.36. The van der Waals surface area contributed by atoms with Gasteiger partial charge in [0.15, 0.2) is 6.29 Å². The average Bonchev–Trinajstić information content (AvgIpc) is 2.78. The zero-order valence-corrected chi connectivity index (χ0v) is 12.5. The summed E-state index contributed by atoms with van der Waals surface area (Å²) in [7, 11) is 1.72. The molecule has 2 saturated carbocycles. The van der Waals surface area contributed by atoms with Crippen molar-refractivity contribution in [2.45, 2.75) is 45.5 Å². The van der Waals surface area contributed by atoms with Crippen LogP contribution in [-0.2, 0) is 9.47 Å². The molecule has 1 aliphatic heterocycles. The molecule has 3 rings (SSSR count). The van der Waals surface area contributed by atoms with Gasteiger partial charge in [0.1, 0.15) is 0 Å². The molecular formula is C16H26O3. The van der Waals surface area contributed by atoms with E-state index in [0.717, 1.165) is 19.4 Å². The van der Waals surface area contributed by atoms with Gasteiger partial charge in [0.2, 0.25) is 0 Å². The van der Waals surface area contributed by atoms with Crippen LogP contribution in [-0.4, -0.2) is 30.7 Å². The molecule has 3 aliphatic rings. The topological polar surface area (TPSA) is 38.7 Å². The monoisotopic (exact) mass is 266 g/mol. The largest absolute Gasteiger partial charge is 0.390 e. The summed E-state index contributed by atoms with van der Waals surface area (Å²) in [5, 5.41) is 10.5. The van der Waals surface area contributed by atoms with E-state index in [1.807, 2.05) is 13.8 Å². The third-order valence-corrected chi connectivity index (χ3v) is 6.14. The van der Waals surface area contributed by atoms with Crippen LogP contribution in [0.25, 0.3) is 0 Å². The molecule has 1 heterocycles. The Labute approximate surface area is 116 Å². The summed E-state index contributed by atoms with van der Waals surface area (Å²) < 4.78 is 11.4. The van der Waals surface area contributed by atoms with E-state index >= 15 is 0 Å². The molecule has 3 fully saturated rings. The number of hydrogen-bond acceptors (Lipinski definition) is 3. The van der Waals surface area contributed by atoms with Gasteiger partial charge in [-0.3, -0.25) is 0 Å². The van der Waals surface area contributed by atoms with Gasteiger partial charge in [0, 0.05) is 13.0 Å². The molecule has 3 heteroatoms. The van der Waals surface area contributed by atoms with Gasteiger partial charge in [-0.15, -0.1) is 0 Å². The normalized spacial score (nSPS) is 49.5. The molecule has 0 radical (unpaired) electrons. The molecule has 0 aromatic heterocycles. The lowest BCUT2D eigenvalue weighted by atomic mass is 9.63. The minimum absolute atomic E-state index is 0.128. The van der Waals surface area contributed by atoms with E-state index in [9.17, 15) is 5.11 Å². The number of methoxy groups -OCH3 is 1. The molecule has 3 nitrogen and oxygen atoms in total. The number of fused-ring (bicyclic) bond motifs is 5. The number of allylic oxidation sites excluding steroid dienone is 1. The van der Waals surface area contributed by atoms with E-state index in [1.165, 1.54) is 5.57 Å². The fourth-order valence-corrected chi connectivity index (χ4v) is 5.00. The number of ether oxygens (including phenoxy) is 2. The SMILES string of the molecule is C=C1C2C3C(OC)OCC3C1(C)CCC2C(C)(C)O. The van der Waals surface area contributed by atoms with Crippen molar-refractivity contribution in [1.29, 1.82) is 0 Å². The molecule has 1 N–H and O–H groups in total. The molecule has 2 bridgehead atoms. The third kappa shape index (κ3) is 1.68. The third-order valence-electron chi connectivity index (χ3n) is 6.14. The standard InChI is InChI=1S/C16H26O3/c1-9-12-10(15(2,3)17)6-7-16(9,4)11-8-19-14(18-5)13(11)12/h10-14,17H,1,6-8H2,2-5H3. The summed E-state index contributed by atoms with van der Waals surface area (Å²) in [6.07, 6.45) is 2.06. The quantitative estimate of drug-likeness (QED) is 0.781. The summed E-state index contributed by atoms with van der Waals surface area (Å²) in [5.41, 5.74) is 0.834. The van der Waals surface area contributed by atoms with Gasteiger partial charge in [-0.25, -0.2) is 0 Å². The van der Waals surface area contributed by atoms with Crippen molar-refractivity contribution in [3.63, 3.8) is 0 Å². The summed E-state index contributed by atoms with van der Waals surface area (Å²) >= 11 is 0. The Kier molecular flexibility index (Phi) is 2.91. The van der Waals surface area contributed by atoms with Crippen molar-refractivity contribution in [2.24, 2.45) is 29.1 Å². The predicted octanol–water partition coefficient (Wildman–Crippen LogP) is 2.59. The van der Waals surface area contributed by atoms with E-state index in [0.29, 0.717) is 17.8 Å². The van der Waals surface area contributed by atoms with E-state index in [-0.39, 0.29) is 17.6 Å². The van der Waals surface area contributed by atoms with Gasteiger partial charge >= 0.3 is 0 Å². The molecule has 1 saturated heterocycles. The Morgan fingerprint density at radius 1 is 1.47 bits per heavy atom. The Morgan fingerprint density at radius 2 is 2.16 bits per heavy atom. The Bertz CT molecular complexity index is 397. The zero-order valence-electron chi connectivity index (χ0n) is 12.5. The highest BCUT2D eigenvalue weighted by Crippen LogP contribution is 2.66. The smallest absolute Gasteiger partial charge is 0.160 e. The Balaban J connectivity index is 2.02. The van der Waals surface area contributed by atoms with E-state index in [2.05, 4.69) is 13.5 Å². The van der Waals surface area contributed by atoms with Crippen LogP contribution in [0.4, 0.5) is 0 Å². The highest BCUT2D eigenvalue weighted by atomic mass is 16.7. The van der Waals surface area contributed by atoms with Gasteiger partial charge < -0.3 is 14.6 Å². The van der Waals surface area contributed by atoms with Crippen LogP contribution in [0.3, 0.4) is 0 Å². The maximum atomic E-state index is 10.5. The van der Waals surface area contributed by atoms with Crippen LogP contribution < -0.4 is 0 Å². The van der Waals surface area contributed by atoms with Crippen molar-refractivity contribution in [1.82, 2.24) is 0 Å². The first kappa shape index (κ1) is 13.6. The fraction of sp³-hybridized carbons (Fsp3) is 0.875. The number of rotatable bonds is 2. The molecule has 0 aromatic rings. The maximum absolute atomic E-state index is 10.5. The minimum atomic E-state index is -0.662. The highest BCUT2D eigenvalue weighted by molar-refractivity contribution is 5.29. The van der Waals surface area contributed by atoms with Crippen molar-refractivity contribution >= 4 is 0 Å². The summed E-state index contributed by atoms with van der Waals surface area (Å²) in [5.74, 6) is 1.46. The summed E-state index contributed by atoms with van der Waals surface area (Å²) in [6.45, 7) is 11.4. The van der Waals surface area contributed by atoms with Crippen LogP contribution in [0.5, 0.6) is 0 Å². The lowest BCUT2D eigenvalue weighted by Gasteiger charge is -2.44. The summed E-state index contributed by atoms with van der Waals surface area (Å²) in [6, 6.07) is 0. The zero-order chi connectivity index (χ0) is 14.0. The Morgan fingerprint density at radius 3 is 2.74 bits per heavy atom. The molecule has 108 valence electrons. The molecule has 0 aromatic carbocycles. The summed E-state index contributed by atoms with van der Waals surface area (Å²) in [4.78, 5) is 0. The minimum Gasteiger partial charge on any atom is -0.390 e. The highest BCUT2D eigenvalue weighted by Gasteiger charge is 2.64. The molecule has 0 amide bonds. The van der Waals surface area contributed by atoms with Crippen molar-refractivity contribution in [3.8, 4) is 0 Å². The first-order chi connectivity index (χ1) is 8.80. The second kappa shape index (κ2) is 4.06. The van der Waals surface area contributed by atoms with E-state index in [1.54, 1.807) is 7.11 Å². The average molecular weight is 266 g/mol. The van der Waals surface area contributed by atoms with Crippen LogP contribution >= 0.6 is 0 Å². The van der Waals surface area contributed by atoms with Crippen LogP contribution in [0.1, 0.15) is 33.6 Å².